The first-order valence-corrected chi connectivity index (χ1v) is 10.7. The molecule has 0 aliphatic carbocycles. The maximum atomic E-state index is 13.1. The maximum absolute atomic E-state index is 13.1. The molecular formula is C22H24FN7O2. The Morgan fingerprint density at radius 3 is 2.12 bits per heavy atom. The molecule has 2 fully saturated rings. The van der Waals surface area contributed by atoms with Crippen LogP contribution < -0.4 is 9.80 Å². The predicted molar refractivity (Wildman–Crippen MR) is 117 cm³/mol. The second kappa shape index (κ2) is 8.91. The van der Waals surface area contributed by atoms with Crippen LogP contribution in [0.3, 0.4) is 0 Å². The Kier molecular flexibility index (Phi) is 5.68. The van der Waals surface area contributed by atoms with Crippen molar-refractivity contribution >= 4 is 17.5 Å². The van der Waals surface area contributed by atoms with Crippen LogP contribution in [0.2, 0.25) is 0 Å². The number of hydrogen-bond donors (Lipinski definition) is 1. The van der Waals surface area contributed by atoms with Gasteiger partial charge in [0.1, 0.15) is 11.5 Å². The minimum Gasteiger partial charge on any atom is -0.378 e. The van der Waals surface area contributed by atoms with Gasteiger partial charge in [-0.1, -0.05) is 0 Å². The Labute approximate surface area is 184 Å². The van der Waals surface area contributed by atoms with Gasteiger partial charge < -0.3 is 19.4 Å². The van der Waals surface area contributed by atoms with Crippen molar-refractivity contribution in [3.63, 3.8) is 0 Å². The van der Waals surface area contributed by atoms with Crippen molar-refractivity contribution in [1.29, 1.82) is 0 Å². The van der Waals surface area contributed by atoms with Gasteiger partial charge in [0.25, 0.3) is 5.91 Å². The summed E-state index contributed by atoms with van der Waals surface area (Å²) in [5.41, 5.74) is 1.79. The first kappa shape index (κ1) is 20.4. The molecule has 10 heteroatoms. The van der Waals surface area contributed by atoms with Gasteiger partial charge >= 0.3 is 0 Å². The largest absolute Gasteiger partial charge is 0.378 e. The normalized spacial score (nSPS) is 17.0. The van der Waals surface area contributed by atoms with Gasteiger partial charge in [0, 0.05) is 44.8 Å². The highest BCUT2D eigenvalue weighted by Crippen LogP contribution is 2.21. The molecule has 0 spiro atoms. The molecule has 32 heavy (non-hydrogen) atoms. The molecule has 9 nitrogen and oxygen atoms in total. The Balaban J connectivity index is 1.18. The molecule has 2 aliphatic heterocycles. The zero-order chi connectivity index (χ0) is 21.9. The van der Waals surface area contributed by atoms with Crippen LogP contribution in [0.5, 0.6) is 0 Å². The summed E-state index contributed by atoms with van der Waals surface area (Å²) in [4.78, 5) is 19.0. The highest BCUT2D eigenvalue weighted by molar-refractivity contribution is 5.93. The molecule has 2 aromatic heterocycles. The van der Waals surface area contributed by atoms with Gasteiger partial charge in [-0.05, 0) is 42.5 Å². The van der Waals surface area contributed by atoms with Crippen molar-refractivity contribution in [2.45, 2.75) is 0 Å². The first-order chi connectivity index (χ1) is 15.7. The third kappa shape index (κ3) is 4.26. The zero-order valence-corrected chi connectivity index (χ0v) is 17.6. The molecule has 1 amide bonds. The zero-order valence-electron chi connectivity index (χ0n) is 17.6. The number of rotatable bonds is 4. The van der Waals surface area contributed by atoms with Crippen LogP contribution in [-0.2, 0) is 4.74 Å². The molecule has 2 saturated heterocycles. The van der Waals surface area contributed by atoms with Crippen LogP contribution in [0, 0.1) is 5.82 Å². The van der Waals surface area contributed by atoms with Crippen molar-refractivity contribution in [2.75, 3.05) is 62.3 Å². The summed E-state index contributed by atoms with van der Waals surface area (Å²) in [5.74, 6) is 1.27. The van der Waals surface area contributed by atoms with E-state index in [1.165, 1.54) is 12.1 Å². The van der Waals surface area contributed by atoms with E-state index >= 15 is 0 Å². The van der Waals surface area contributed by atoms with E-state index in [1.54, 1.807) is 23.1 Å². The van der Waals surface area contributed by atoms with E-state index < -0.39 is 0 Å². The van der Waals surface area contributed by atoms with E-state index in [4.69, 9.17) is 4.74 Å². The average Bonchev–Trinajstić information content (AvgIpc) is 3.35. The third-order valence-electron chi connectivity index (χ3n) is 5.81. The van der Waals surface area contributed by atoms with Crippen molar-refractivity contribution in [2.24, 2.45) is 0 Å². The van der Waals surface area contributed by atoms with Crippen LogP contribution in [-0.4, -0.2) is 83.7 Å². The van der Waals surface area contributed by atoms with E-state index in [-0.39, 0.29) is 11.7 Å². The number of piperazine rings is 1. The average molecular weight is 437 g/mol. The van der Waals surface area contributed by atoms with Gasteiger partial charge in [-0.25, -0.2) is 4.39 Å². The van der Waals surface area contributed by atoms with Crippen LogP contribution in [0.1, 0.15) is 10.5 Å². The van der Waals surface area contributed by atoms with Crippen molar-refractivity contribution in [3.8, 4) is 11.3 Å². The van der Waals surface area contributed by atoms with Crippen LogP contribution in [0.25, 0.3) is 11.3 Å². The molecule has 0 saturated carbocycles. The number of benzene rings is 1. The minimum atomic E-state index is -0.307. The van der Waals surface area contributed by atoms with Crippen LogP contribution in [0.4, 0.5) is 16.0 Å². The van der Waals surface area contributed by atoms with E-state index in [2.05, 4.69) is 30.2 Å². The maximum Gasteiger partial charge on any atom is 0.272 e. The Hall–Kier alpha value is -3.53. The van der Waals surface area contributed by atoms with Crippen molar-refractivity contribution in [3.05, 3.63) is 54.0 Å². The summed E-state index contributed by atoms with van der Waals surface area (Å²) < 4.78 is 18.5. The minimum absolute atomic E-state index is 0.0979. The molecule has 166 valence electrons. The third-order valence-corrected chi connectivity index (χ3v) is 5.81. The number of H-pyrrole nitrogens is 1. The van der Waals surface area contributed by atoms with Gasteiger partial charge in [-0.2, -0.15) is 5.10 Å². The number of morpholine rings is 1. The van der Waals surface area contributed by atoms with Crippen molar-refractivity contribution < 1.29 is 13.9 Å². The Morgan fingerprint density at radius 2 is 1.50 bits per heavy atom. The molecule has 0 unspecified atom stereocenters. The second-order valence-electron chi connectivity index (χ2n) is 7.80. The van der Waals surface area contributed by atoms with Gasteiger partial charge in [0.15, 0.2) is 11.6 Å². The van der Waals surface area contributed by atoms with Gasteiger partial charge in [-0.15, -0.1) is 10.2 Å². The molecule has 1 N–H and O–H groups in total. The summed E-state index contributed by atoms with van der Waals surface area (Å²) >= 11 is 0. The number of carbonyl (C=O) groups is 1. The second-order valence-corrected chi connectivity index (χ2v) is 7.80. The van der Waals surface area contributed by atoms with Gasteiger partial charge in [0.2, 0.25) is 0 Å². The molecule has 0 bridgehead atoms. The number of halogens is 1. The fourth-order valence-electron chi connectivity index (χ4n) is 3.96. The summed E-state index contributed by atoms with van der Waals surface area (Å²) in [5, 5.41) is 15.8. The first-order valence-electron chi connectivity index (χ1n) is 10.7. The summed E-state index contributed by atoms with van der Waals surface area (Å²) in [6.45, 7) is 5.58. The highest BCUT2D eigenvalue weighted by atomic mass is 19.1. The van der Waals surface area contributed by atoms with Gasteiger partial charge in [0.05, 0.1) is 18.9 Å². The Morgan fingerprint density at radius 1 is 0.875 bits per heavy atom. The number of nitrogens with zero attached hydrogens (tertiary/aromatic N) is 6. The van der Waals surface area contributed by atoms with E-state index in [9.17, 15) is 9.18 Å². The molecule has 0 radical (unpaired) electrons. The standard InChI is InChI=1S/C22H24FN7O2/c23-17-3-1-16(2-4-17)18-15-19(25-24-18)22(31)30-9-7-28(8-10-30)20-5-6-21(27-26-20)29-11-13-32-14-12-29/h1-6,15H,7-14H2,(H,24,25). The molecular weight excluding hydrogens is 413 g/mol. The lowest BCUT2D eigenvalue weighted by atomic mass is 10.1. The molecule has 5 rings (SSSR count). The SMILES string of the molecule is O=C(c1cc(-c2ccc(F)cc2)n[nH]1)N1CCN(c2ccc(N3CCOCC3)nn2)CC1. The number of aromatic nitrogens is 4. The van der Waals surface area contributed by atoms with E-state index in [1.807, 2.05) is 12.1 Å². The molecule has 2 aliphatic rings. The van der Waals surface area contributed by atoms with Crippen molar-refractivity contribution in [1.82, 2.24) is 25.3 Å². The molecule has 1 aromatic carbocycles. The number of nitrogens with one attached hydrogen (secondary N) is 1. The quantitative estimate of drug-likeness (QED) is 0.666. The van der Waals surface area contributed by atoms with Crippen LogP contribution >= 0.6 is 0 Å². The summed E-state index contributed by atoms with van der Waals surface area (Å²) in [6.07, 6.45) is 0. The number of anilines is 2. The lowest BCUT2D eigenvalue weighted by Gasteiger charge is -2.35. The summed E-state index contributed by atoms with van der Waals surface area (Å²) in [7, 11) is 0. The predicted octanol–water partition coefficient (Wildman–Crippen LogP) is 1.80. The number of hydrogen-bond acceptors (Lipinski definition) is 7. The fraction of sp³-hybridized carbons (Fsp3) is 0.364. The van der Waals surface area contributed by atoms with E-state index in [0.717, 1.165) is 30.3 Å². The number of amides is 1. The highest BCUT2D eigenvalue weighted by Gasteiger charge is 2.25. The van der Waals surface area contributed by atoms with E-state index in [0.29, 0.717) is 50.8 Å². The summed E-state index contributed by atoms with van der Waals surface area (Å²) in [6, 6.07) is 11.7. The fourth-order valence-corrected chi connectivity index (χ4v) is 3.96. The molecule has 0 atom stereocenters. The number of aromatic amines is 1. The topological polar surface area (TPSA) is 90.5 Å². The van der Waals surface area contributed by atoms with Gasteiger partial charge in [-0.3, -0.25) is 9.89 Å². The van der Waals surface area contributed by atoms with Crippen LogP contribution in [0.15, 0.2) is 42.5 Å². The number of ether oxygens (including phenoxy) is 1. The lowest BCUT2D eigenvalue weighted by molar-refractivity contribution is 0.0740. The number of carbonyl (C=O) groups excluding carboxylic acids is 1. The molecule has 4 heterocycles. The Bertz CT molecular complexity index is 1060. The monoisotopic (exact) mass is 437 g/mol. The smallest absolute Gasteiger partial charge is 0.272 e. The molecule has 3 aromatic rings. The lowest BCUT2D eigenvalue weighted by Crippen LogP contribution is -2.49.